The Morgan fingerprint density at radius 1 is 1.12 bits per heavy atom. The first-order valence-electron chi connectivity index (χ1n) is 8.85. The molecule has 4 rings (SSSR count). The fraction of sp³-hybridized carbons (Fsp3) is 0.474. The summed E-state index contributed by atoms with van der Waals surface area (Å²) in [5.41, 5.74) is 1.64. The van der Waals surface area contributed by atoms with E-state index in [1.54, 1.807) is 0 Å². The molecule has 0 aromatic carbocycles. The summed E-state index contributed by atoms with van der Waals surface area (Å²) in [5, 5.41) is 3.06. The third-order valence-corrected chi connectivity index (χ3v) is 5.14. The highest BCUT2D eigenvalue weighted by atomic mass is 16.2. The summed E-state index contributed by atoms with van der Waals surface area (Å²) >= 11 is 0. The van der Waals surface area contributed by atoms with E-state index in [0.29, 0.717) is 12.5 Å². The number of likely N-dealkylation sites (tertiary alicyclic amines) is 1. The molecule has 126 valence electrons. The number of nitrogens with one attached hydrogen (secondary N) is 1. The van der Waals surface area contributed by atoms with Crippen LogP contribution in [0.25, 0.3) is 5.52 Å². The van der Waals surface area contributed by atoms with Gasteiger partial charge in [-0.15, -0.1) is 0 Å². The molecule has 1 unspecified atom stereocenters. The third-order valence-electron chi connectivity index (χ3n) is 5.14. The highest BCUT2D eigenvalue weighted by Crippen LogP contribution is 2.28. The summed E-state index contributed by atoms with van der Waals surface area (Å²) in [4.78, 5) is 27.1. The fourth-order valence-corrected chi connectivity index (χ4v) is 3.49. The van der Waals surface area contributed by atoms with Crippen molar-refractivity contribution in [1.29, 1.82) is 0 Å². The van der Waals surface area contributed by atoms with Crippen molar-refractivity contribution in [3.63, 3.8) is 0 Å². The zero-order valence-electron chi connectivity index (χ0n) is 13.8. The predicted molar refractivity (Wildman–Crippen MR) is 91.8 cm³/mol. The largest absolute Gasteiger partial charge is 0.356 e. The van der Waals surface area contributed by atoms with Gasteiger partial charge in [0, 0.05) is 32.0 Å². The van der Waals surface area contributed by atoms with E-state index in [1.165, 1.54) is 12.8 Å². The molecule has 1 N–H and O–H groups in total. The highest BCUT2D eigenvalue weighted by Gasteiger charge is 2.30. The molecule has 1 aliphatic heterocycles. The van der Waals surface area contributed by atoms with Gasteiger partial charge in [0.05, 0.1) is 17.0 Å². The molecule has 0 radical (unpaired) electrons. The van der Waals surface area contributed by atoms with Crippen molar-refractivity contribution in [2.45, 2.75) is 25.7 Å². The first-order chi connectivity index (χ1) is 11.7. The Kier molecular flexibility index (Phi) is 4.00. The van der Waals surface area contributed by atoms with E-state index in [0.717, 1.165) is 37.0 Å². The van der Waals surface area contributed by atoms with Crippen LogP contribution in [0.4, 0.5) is 0 Å². The number of piperidine rings is 1. The summed E-state index contributed by atoms with van der Waals surface area (Å²) in [6.45, 7) is 2.06. The number of fused-ring (bicyclic) bond motifs is 1. The van der Waals surface area contributed by atoms with E-state index >= 15 is 0 Å². The van der Waals surface area contributed by atoms with Crippen molar-refractivity contribution in [3.8, 4) is 0 Å². The van der Waals surface area contributed by atoms with Crippen LogP contribution < -0.4 is 5.32 Å². The monoisotopic (exact) mass is 325 g/mol. The maximum absolute atomic E-state index is 12.9. The molecule has 0 bridgehead atoms. The lowest BCUT2D eigenvalue weighted by Crippen LogP contribution is -2.45. The summed E-state index contributed by atoms with van der Waals surface area (Å²) in [6.07, 6.45) is 8.08. The molecule has 2 fully saturated rings. The quantitative estimate of drug-likeness (QED) is 0.938. The van der Waals surface area contributed by atoms with Crippen LogP contribution in [-0.2, 0) is 4.79 Å². The maximum Gasteiger partial charge on any atom is 0.256 e. The molecule has 5 heteroatoms. The highest BCUT2D eigenvalue weighted by molar-refractivity contribution is 6.01. The first-order valence-corrected chi connectivity index (χ1v) is 8.85. The number of hydrogen-bond donors (Lipinski definition) is 1. The van der Waals surface area contributed by atoms with E-state index in [4.69, 9.17) is 0 Å². The average Bonchev–Trinajstić information content (AvgIpc) is 3.36. The molecule has 24 heavy (non-hydrogen) atoms. The predicted octanol–water partition coefficient (Wildman–Crippen LogP) is 2.32. The SMILES string of the molecule is O=C(NCC1CC1)C1CCCN(C(=O)c2ccn3ccccc23)C1. The minimum absolute atomic E-state index is 0.0309. The van der Waals surface area contributed by atoms with Gasteiger partial charge in [-0.3, -0.25) is 9.59 Å². The number of nitrogens with zero attached hydrogens (tertiary/aromatic N) is 2. The molecule has 5 nitrogen and oxygen atoms in total. The zero-order chi connectivity index (χ0) is 16.5. The van der Waals surface area contributed by atoms with Crippen molar-refractivity contribution >= 4 is 17.3 Å². The molecule has 2 aromatic rings. The smallest absolute Gasteiger partial charge is 0.256 e. The van der Waals surface area contributed by atoms with Crippen LogP contribution in [0.1, 0.15) is 36.0 Å². The lowest BCUT2D eigenvalue weighted by Gasteiger charge is -2.32. The molecule has 2 amide bonds. The van der Waals surface area contributed by atoms with Crippen LogP contribution >= 0.6 is 0 Å². The van der Waals surface area contributed by atoms with E-state index in [1.807, 2.05) is 46.0 Å². The summed E-state index contributed by atoms with van der Waals surface area (Å²) in [7, 11) is 0. The average molecular weight is 325 g/mol. The van der Waals surface area contributed by atoms with Crippen LogP contribution in [0.15, 0.2) is 36.7 Å². The summed E-state index contributed by atoms with van der Waals surface area (Å²) in [5.74, 6) is 0.753. The van der Waals surface area contributed by atoms with Crippen LogP contribution in [0.3, 0.4) is 0 Å². The summed E-state index contributed by atoms with van der Waals surface area (Å²) < 4.78 is 1.96. The normalized spacial score (nSPS) is 21.0. The van der Waals surface area contributed by atoms with Gasteiger partial charge < -0.3 is 14.6 Å². The van der Waals surface area contributed by atoms with Crippen LogP contribution in [-0.4, -0.2) is 40.7 Å². The second-order valence-corrected chi connectivity index (χ2v) is 7.00. The van der Waals surface area contributed by atoms with Crippen LogP contribution in [0.5, 0.6) is 0 Å². The number of carbonyl (C=O) groups excluding carboxylic acids is 2. The zero-order valence-corrected chi connectivity index (χ0v) is 13.8. The van der Waals surface area contributed by atoms with E-state index < -0.39 is 0 Å². The third kappa shape index (κ3) is 3.03. The van der Waals surface area contributed by atoms with Crippen molar-refractivity contribution in [2.75, 3.05) is 19.6 Å². The standard InChI is InChI=1S/C19H23N3O2/c23-18(20-12-14-6-7-14)15-4-3-10-22(13-15)19(24)16-8-11-21-9-2-1-5-17(16)21/h1-2,5,8-9,11,14-15H,3-4,6-7,10,12-13H2,(H,20,23). The van der Waals surface area contributed by atoms with Crippen molar-refractivity contribution in [1.82, 2.24) is 14.6 Å². The second-order valence-electron chi connectivity index (χ2n) is 7.00. The Balaban J connectivity index is 1.45. The molecule has 3 heterocycles. The number of aromatic nitrogens is 1. The van der Waals surface area contributed by atoms with Crippen LogP contribution in [0.2, 0.25) is 0 Å². The first kappa shape index (κ1) is 15.2. The Morgan fingerprint density at radius 2 is 2.00 bits per heavy atom. The fourth-order valence-electron chi connectivity index (χ4n) is 3.49. The molecular formula is C19H23N3O2. The Hall–Kier alpha value is -2.30. The Labute approximate surface area is 141 Å². The lowest BCUT2D eigenvalue weighted by atomic mass is 9.96. The molecule has 1 aliphatic carbocycles. The number of carbonyl (C=O) groups is 2. The second kappa shape index (κ2) is 6.30. The van der Waals surface area contributed by atoms with E-state index in [2.05, 4.69) is 5.32 Å². The van der Waals surface area contributed by atoms with Gasteiger partial charge in [0.2, 0.25) is 5.91 Å². The maximum atomic E-state index is 12.9. The van der Waals surface area contributed by atoms with Gasteiger partial charge >= 0.3 is 0 Å². The van der Waals surface area contributed by atoms with Crippen molar-refractivity contribution < 1.29 is 9.59 Å². The van der Waals surface area contributed by atoms with Crippen LogP contribution in [0, 0.1) is 11.8 Å². The molecule has 1 saturated carbocycles. The van der Waals surface area contributed by atoms with E-state index in [-0.39, 0.29) is 17.7 Å². The number of pyridine rings is 1. The minimum Gasteiger partial charge on any atom is -0.356 e. The van der Waals surface area contributed by atoms with Gasteiger partial charge in [0.1, 0.15) is 0 Å². The van der Waals surface area contributed by atoms with Crippen molar-refractivity contribution in [3.05, 3.63) is 42.2 Å². The minimum atomic E-state index is -0.0738. The molecular weight excluding hydrogens is 302 g/mol. The molecule has 1 saturated heterocycles. The Bertz CT molecular complexity index is 763. The molecule has 2 aromatic heterocycles. The number of rotatable bonds is 4. The Morgan fingerprint density at radius 3 is 2.83 bits per heavy atom. The lowest BCUT2D eigenvalue weighted by molar-refractivity contribution is -0.126. The topological polar surface area (TPSA) is 53.8 Å². The van der Waals surface area contributed by atoms with Gasteiger partial charge in [0.15, 0.2) is 0 Å². The van der Waals surface area contributed by atoms with Crippen molar-refractivity contribution in [2.24, 2.45) is 11.8 Å². The number of amides is 2. The molecule has 0 spiro atoms. The summed E-state index contributed by atoms with van der Waals surface area (Å²) in [6, 6.07) is 7.71. The van der Waals surface area contributed by atoms with Gasteiger partial charge in [-0.05, 0) is 49.8 Å². The van der Waals surface area contributed by atoms with Gasteiger partial charge in [-0.1, -0.05) is 6.07 Å². The molecule has 1 atom stereocenters. The van der Waals surface area contributed by atoms with Gasteiger partial charge in [-0.25, -0.2) is 0 Å². The van der Waals surface area contributed by atoms with E-state index in [9.17, 15) is 9.59 Å². The number of hydrogen-bond acceptors (Lipinski definition) is 2. The van der Waals surface area contributed by atoms with Gasteiger partial charge in [0.25, 0.3) is 5.91 Å². The molecule has 2 aliphatic rings. The van der Waals surface area contributed by atoms with Gasteiger partial charge in [-0.2, -0.15) is 0 Å².